The predicted molar refractivity (Wildman–Crippen MR) is 119 cm³/mol. The molecule has 1 heterocycles. The van der Waals surface area contributed by atoms with E-state index in [1.807, 2.05) is 12.1 Å². The first kappa shape index (κ1) is 24.2. The third kappa shape index (κ3) is 4.58. The average Bonchev–Trinajstić information content (AvgIpc) is 3.03. The van der Waals surface area contributed by atoms with E-state index in [1.54, 1.807) is 12.1 Å². The number of fused-ring (bicyclic) bond motifs is 2. The molecule has 184 valence electrons. The van der Waals surface area contributed by atoms with E-state index >= 15 is 0 Å². The highest BCUT2D eigenvalue weighted by molar-refractivity contribution is 6.09. The molecule has 8 nitrogen and oxygen atoms in total. The number of amides is 5. The number of hydrogen-bond acceptors (Lipinski definition) is 4. The molecule has 2 aliphatic rings. The number of imide groups is 1. The van der Waals surface area contributed by atoms with E-state index < -0.39 is 59.8 Å². The Hall–Kier alpha value is -3.89. The van der Waals surface area contributed by atoms with Crippen LogP contribution in [0.5, 0.6) is 0 Å². The van der Waals surface area contributed by atoms with Crippen molar-refractivity contribution >= 4 is 29.4 Å². The van der Waals surface area contributed by atoms with Crippen molar-refractivity contribution in [2.24, 2.45) is 0 Å². The van der Waals surface area contributed by atoms with E-state index in [1.165, 1.54) is 19.2 Å². The predicted octanol–water partition coefficient (Wildman–Crippen LogP) is 2.89. The van der Waals surface area contributed by atoms with E-state index in [0.717, 1.165) is 33.9 Å². The molecule has 2 aromatic carbocycles. The molecule has 1 aliphatic carbocycles. The molecule has 2 aromatic rings. The summed E-state index contributed by atoms with van der Waals surface area (Å²) in [6.07, 6.45) is -2.81. The average molecular weight is 488 g/mol. The number of alkyl halides is 3. The van der Waals surface area contributed by atoms with Crippen molar-refractivity contribution in [2.75, 3.05) is 25.5 Å². The second-order valence-electron chi connectivity index (χ2n) is 8.58. The normalized spacial score (nSPS) is 19.4. The minimum atomic E-state index is -4.66. The maximum Gasteiger partial charge on any atom is 0.418 e. The van der Waals surface area contributed by atoms with E-state index in [9.17, 15) is 32.3 Å². The lowest BCUT2D eigenvalue weighted by molar-refractivity contribution is -0.139. The van der Waals surface area contributed by atoms with Gasteiger partial charge in [-0.2, -0.15) is 13.2 Å². The molecule has 35 heavy (non-hydrogen) atoms. The number of rotatable bonds is 5. The first-order valence-electron chi connectivity index (χ1n) is 11.0. The van der Waals surface area contributed by atoms with Crippen LogP contribution in [0.4, 0.5) is 23.7 Å². The molecule has 2 N–H and O–H groups in total. The number of carbonyl (C=O) groups excluding carboxylic acids is 4. The van der Waals surface area contributed by atoms with Crippen LogP contribution in [0.25, 0.3) is 0 Å². The highest BCUT2D eigenvalue weighted by Crippen LogP contribution is 2.40. The Labute approximate surface area is 199 Å². The van der Waals surface area contributed by atoms with Crippen LogP contribution in [-0.2, 0) is 32.5 Å². The molecule has 11 heteroatoms. The summed E-state index contributed by atoms with van der Waals surface area (Å²) in [5.41, 5.74) is -1.02. The van der Waals surface area contributed by atoms with Crippen molar-refractivity contribution in [3.8, 4) is 0 Å². The fourth-order valence-electron chi connectivity index (χ4n) is 4.54. The molecule has 1 fully saturated rings. The van der Waals surface area contributed by atoms with Crippen LogP contribution in [0.1, 0.15) is 29.5 Å². The third-order valence-corrected chi connectivity index (χ3v) is 6.26. The number of nitrogens with zero attached hydrogens (tertiary/aromatic N) is 2. The van der Waals surface area contributed by atoms with Gasteiger partial charge in [0.1, 0.15) is 12.1 Å². The van der Waals surface area contributed by atoms with Gasteiger partial charge in [0.2, 0.25) is 11.8 Å². The quantitative estimate of drug-likeness (QED) is 0.633. The minimum Gasteiger partial charge on any atom is -0.335 e. The molecule has 5 amide bonds. The van der Waals surface area contributed by atoms with Crippen LogP contribution in [0.3, 0.4) is 0 Å². The molecule has 1 unspecified atom stereocenters. The number of para-hydroxylation sites is 1. The van der Waals surface area contributed by atoms with Gasteiger partial charge in [0, 0.05) is 7.05 Å². The molecule has 0 radical (unpaired) electrons. The number of benzene rings is 2. The number of hydrogen-bond donors (Lipinski definition) is 2. The fraction of sp³-hybridized carbons (Fsp3) is 0.333. The summed E-state index contributed by atoms with van der Waals surface area (Å²) in [7, 11) is 1.27. The van der Waals surface area contributed by atoms with Gasteiger partial charge in [0.15, 0.2) is 0 Å². The van der Waals surface area contributed by atoms with Gasteiger partial charge in [0.05, 0.1) is 17.8 Å². The van der Waals surface area contributed by atoms with Crippen molar-refractivity contribution in [1.82, 2.24) is 15.1 Å². The van der Waals surface area contributed by atoms with Gasteiger partial charge >= 0.3 is 12.2 Å². The lowest BCUT2D eigenvalue weighted by atomic mass is 9.76. The zero-order valence-electron chi connectivity index (χ0n) is 18.8. The molecule has 0 saturated carbocycles. The summed E-state index contributed by atoms with van der Waals surface area (Å²) in [5, 5.41) is 4.90. The van der Waals surface area contributed by atoms with Gasteiger partial charge in [-0.15, -0.1) is 0 Å². The largest absolute Gasteiger partial charge is 0.418 e. The van der Waals surface area contributed by atoms with Crippen molar-refractivity contribution in [2.45, 2.75) is 31.0 Å². The van der Waals surface area contributed by atoms with E-state index in [4.69, 9.17) is 0 Å². The number of urea groups is 1. The summed E-state index contributed by atoms with van der Waals surface area (Å²) in [5.74, 6) is -2.11. The van der Waals surface area contributed by atoms with Crippen LogP contribution in [0.15, 0.2) is 48.5 Å². The van der Waals surface area contributed by atoms with Crippen LogP contribution >= 0.6 is 0 Å². The smallest absolute Gasteiger partial charge is 0.335 e. The highest BCUT2D eigenvalue weighted by atomic mass is 19.4. The van der Waals surface area contributed by atoms with Crippen molar-refractivity contribution in [3.63, 3.8) is 0 Å². The van der Waals surface area contributed by atoms with Crippen molar-refractivity contribution in [1.29, 1.82) is 0 Å². The zero-order chi connectivity index (χ0) is 25.4. The standard InChI is InChI=1S/C24H23F3N4O4/c1-30(13-19(32)28-18-11-5-4-10-17(18)24(25,26)27)20(33)14-31-21(34)23(29-22(31)35)12-6-8-15-7-2-3-9-16(15)23/h2-5,7,9-11H,6,8,12-14H2,1H3,(H,28,32)(H,29,35). The lowest BCUT2D eigenvalue weighted by Gasteiger charge is -2.33. The summed E-state index contributed by atoms with van der Waals surface area (Å²) in [6, 6.07) is 11.1. The highest BCUT2D eigenvalue weighted by Gasteiger charge is 2.54. The number of likely N-dealkylation sites (N-methyl/N-ethyl adjacent to an activating group) is 1. The summed E-state index contributed by atoms with van der Waals surface area (Å²) >= 11 is 0. The summed E-state index contributed by atoms with van der Waals surface area (Å²) in [4.78, 5) is 52.8. The fourth-order valence-corrected chi connectivity index (χ4v) is 4.54. The second-order valence-corrected chi connectivity index (χ2v) is 8.58. The molecule has 1 spiro atoms. The third-order valence-electron chi connectivity index (χ3n) is 6.26. The van der Waals surface area contributed by atoms with E-state index in [-0.39, 0.29) is 0 Å². The van der Waals surface area contributed by atoms with E-state index in [2.05, 4.69) is 10.6 Å². The second kappa shape index (κ2) is 9.05. The maximum atomic E-state index is 13.3. The maximum absolute atomic E-state index is 13.3. The topological polar surface area (TPSA) is 98.8 Å². The molecule has 1 atom stereocenters. The van der Waals surface area contributed by atoms with Gasteiger partial charge in [-0.25, -0.2) is 4.79 Å². The molecule has 0 aromatic heterocycles. The van der Waals surface area contributed by atoms with Gasteiger partial charge in [-0.3, -0.25) is 19.3 Å². The van der Waals surface area contributed by atoms with Crippen molar-refractivity contribution in [3.05, 3.63) is 65.2 Å². The SMILES string of the molecule is CN(CC(=O)Nc1ccccc1C(F)(F)F)C(=O)CN1C(=O)NC2(CCCc3ccccc32)C1=O. The van der Waals surface area contributed by atoms with Crippen LogP contribution in [-0.4, -0.2) is 53.7 Å². The molecule has 1 aliphatic heterocycles. The first-order chi connectivity index (χ1) is 16.5. The van der Waals surface area contributed by atoms with E-state index in [0.29, 0.717) is 18.4 Å². The molecule has 4 rings (SSSR count). The number of aryl methyl sites for hydroxylation is 1. The Morgan fingerprint density at radius 3 is 2.54 bits per heavy atom. The van der Waals surface area contributed by atoms with Crippen LogP contribution in [0, 0.1) is 0 Å². The number of halogens is 3. The van der Waals surface area contributed by atoms with Crippen LogP contribution in [0.2, 0.25) is 0 Å². The molecule has 1 saturated heterocycles. The Morgan fingerprint density at radius 1 is 1.11 bits per heavy atom. The van der Waals surface area contributed by atoms with Crippen molar-refractivity contribution < 1.29 is 32.3 Å². The van der Waals surface area contributed by atoms with Gasteiger partial charge in [0.25, 0.3) is 5.91 Å². The number of nitrogens with one attached hydrogen (secondary N) is 2. The summed E-state index contributed by atoms with van der Waals surface area (Å²) < 4.78 is 39.4. The summed E-state index contributed by atoms with van der Waals surface area (Å²) in [6.45, 7) is -1.17. The van der Waals surface area contributed by atoms with Crippen LogP contribution < -0.4 is 10.6 Å². The Balaban J connectivity index is 1.42. The van der Waals surface area contributed by atoms with Gasteiger partial charge in [-0.1, -0.05) is 36.4 Å². The molecule has 0 bridgehead atoms. The van der Waals surface area contributed by atoms with Gasteiger partial charge < -0.3 is 15.5 Å². The minimum absolute atomic E-state index is 0.399. The number of carbonyl (C=O) groups is 4. The monoisotopic (exact) mass is 488 g/mol. The lowest BCUT2D eigenvalue weighted by Crippen LogP contribution is -2.47. The zero-order valence-corrected chi connectivity index (χ0v) is 18.8. The Bertz CT molecular complexity index is 1200. The van der Waals surface area contributed by atoms with Gasteiger partial charge in [-0.05, 0) is 42.5 Å². The number of anilines is 1. The Kier molecular flexibility index (Phi) is 6.27. The molecular weight excluding hydrogens is 465 g/mol. The Morgan fingerprint density at radius 2 is 1.80 bits per heavy atom. The molecular formula is C24H23F3N4O4. The first-order valence-corrected chi connectivity index (χ1v) is 11.0.